The van der Waals surface area contributed by atoms with Crippen molar-refractivity contribution in [2.24, 2.45) is 11.8 Å². The average Bonchev–Trinajstić information content (AvgIpc) is 3.06. The summed E-state index contributed by atoms with van der Waals surface area (Å²) in [5, 5.41) is 0. The molecule has 0 aromatic heterocycles. The third-order valence-corrected chi connectivity index (χ3v) is 3.14. The predicted molar refractivity (Wildman–Crippen MR) is 70.3 cm³/mol. The van der Waals surface area contributed by atoms with Crippen LogP contribution < -0.4 is 0 Å². The Morgan fingerprint density at radius 1 is 0.933 bits per heavy atom. The Hall–Kier alpha value is -0.0400. The van der Waals surface area contributed by atoms with Crippen LogP contribution in [0.1, 0.15) is 60.3 Å². The minimum atomic E-state index is 1.08. The van der Waals surface area contributed by atoms with E-state index in [9.17, 15) is 0 Å². The maximum Gasteiger partial charge on any atom is 0.00128 e. The van der Waals surface area contributed by atoms with Gasteiger partial charge in [0, 0.05) is 6.54 Å². The summed E-state index contributed by atoms with van der Waals surface area (Å²) in [5.41, 5.74) is 0. The second-order valence-corrected chi connectivity index (χ2v) is 4.19. The highest BCUT2D eigenvalue weighted by atomic mass is 15.1. The highest BCUT2D eigenvalue weighted by Crippen LogP contribution is 2.41. The van der Waals surface area contributed by atoms with Gasteiger partial charge in [-0.15, -0.1) is 0 Å². The third-order valence-electron chi connectivity index (χ3n) is 3.14. The molecule has 1 heteroatoms. The predicted octanol–water partition coefficient (Wildman–Crippen LogP) is 4.18. The Morgan fingerprint density at radius 2 is 1.53 bits per heavy atom. The van der Waals surface area contributed by atoms with Gasteiger partial charge in [-0.1, -0.05) is 34.6 Å². The molecule has 0 aromatic carbocycles. The minimum absolute atomic E-state index is 1.08. The molecule has 1 unspecified atom stereocenters. The molecular weight excluding hydrogens is 182 g/mol. The van der Waals surface area contributed by atoms with Crippen LogP contribution in [0, 0.1) is 11.8 Å². The SMILES string of the molecule is CC.CC.CCCN1CCC(C2CC2)C1. The van der Waals surface area contributed by atoms with Crippen LogP contribution in [-0.2, 0) is 0 Å². The summed E-state index contributed by atoms with van der Waals surface area (Å²) in [7, 11) is 0. The summed E-state index contributed by atoms with van der Waals surface area (Å²) < 4.78 is 0. The molecule has 1 nitrogen and oxygen atoms in total. The van der Waals surface area contributed by atoms with Crippen molar-refractivity contribution in [3.63, 3.8) is 0 Å². The highest BCUT2D eigenvalue weighted by molar-refractivity contribution is 4.87. The van der Waals surface area contributed by atoms with Crippen LogP contribution in [0.2, 0.25) is 0 Å². The fraction of sp³-hybridized carbons (Fsp3) is 1.00. The lowest BCUT2D eigenvalue weighted by Crippen LogP contribution is -2.21. The third kappa shape index (κ3) is 5.55. The van der Waals surface area contributed by atoms with Crippen LogP contribution in [-0.4, -0.2) is 24.5 Å². The van der Waals surface area contributed by atoms with Crippen molar-refractivity contribution in [2.75, 3.05) is 19.6 Å². The lowest BCUT2D eigenvalue weighted by Gasteiger charge is -2.13. The molecule has 92 valence electrons. The lowest BCUT2D eigenvalue weighted by atomic mass is 10.0. The molecule has 0 amide bonds. The van der Waals surface area contributed by atoms with E-state index < -0.39 is 0 Å². The van der Waals surface area contributed by atoms with E-state index in [1.807, 2.05) is 27.7 Å². The smallest absolute Gasteiger partial charge is 0.00128 e. The van der Waals surface area contributed by atoms with Gasteiger partial charge in [0.1, 0.15) is 0 Å². The van der Waals surface area contributed by atoms with Gasteiger partial charge < -0.3 is 4.90 Å². The first-order valence-electron chi connectivity index (χ1n) is 7.12. The Kier molecular flexibility index (Phi) is 9.18. The van der Waals surface area contributed by atoms with Crippen LogP contribution >= 0.6 is 0 Å². The number of rotatable bonds is 3. The van der Waals surface area contributed by atoms with Crippen molar-refractivity contribution in [3.8, 4) is 0 Å². The summed E-state index contributed by atoms with van der Waals surface area (Å²) in [6.07, 6.45) is 5.89. The zero-order valence-corrected chi connectivity index (χ0v) is 11.6. The van der Waals surface area contributed by atoms with Crippen LogP contribution in [0.3, 0.4) is 0 Å². The fourth-order valence-electron chi connectivity index (χ4n) is 2.33. The van der Waals surface area contributed by atoms with Crippen LogP contribution in [0.25, 0.3) is 0 Å². The molecule has 0 bridgehead atoms. The molecule has 15 heavy (non-hydrogen) atoms. The topological polar surface area (TPSA) is 3.24 Å². The summed E-state index contributed by atoms with van der Waals surface area (Å²) >= 11 is 0. The molecule has 1 aliphatic heterocycles. The monoisotopic (exact) mass is 213 g/mol. The molecular formula is C14H31N. The molecule has 1 saturated carbocycles. The molecule has 1 heterocycles. The molecule has 0 spiro atoms. The molecule has 2 rings (SSSR count). The van der Waals surface area contributed by atoms with Gasteiger partial charge in [0.25, 0.3) is 0 Å². The Balaban J connectivity index is 0.000000442. The van der Waals surface area contributed by atoms with Gasteiger partial charge in [-0.2, -0.15) is 0 Å². The summed E-state index contributed by atoms with van der Waals surface area (Å²) in [6.45, 7) is 14.4. The maximum atomic E-state index is 2.64. The van der Waals surface area contributed by atoms with Crippen LogP contribution in [0.15, 0.2) is 0 Å². The van der Waals surface area contributed by atoms with Gasteiger partial charge >= 0.3 is 0 Å². The largest absolute Gasteiger partial charge is 0.303 e. The van der Waals surface area contributed by atoms with E-state index in [2.05, 4.69) is 11.8 Å². The number of nitrogens with zero attached hydrogens (tertiary/aromatic N) is 1. The zero-order chi connectivity index (χ0) is 11.7. The minimum Gasteiger partial charge on any atom is -0.303 e. The Labute approximate surface area is 97.2 Å². The Bertz CT molecular complexity index is 129. The Morgan fingerprint density at radius 3 is 2.00 bits per heavy atom. The van der Waals surface area contributed by atoms with E-state index in [-0.39, 0.29) is 0 Å². The van der Waals surface area contributed by atoms with Gasteiger partial charge in [0.15, 0.2) is 0 Å². The van der Waals surface area contributed by atoms with E-state index in [1.54, 1.807) is 0 Å². The summed E-state index contributed by atoms with van der Waals surface area (Å²) in [5.74, 6) is 2.22. The first-order chi connectivity index (χ1) is 7.40. The van der Waals surface area contributed by atoms with Crippen molar-refractivity contribution >= 4 is 0 Å². The van der Waals surface area contributed by atoms with E-state index in [0.29, 0.717) is 0 Å². The normalized spacial score (nSPS) is 25.0. The molecule has 0 N–H and O–H groups in total. The van der Waals surface area contributed by atoms with Gasteiger partial charge in [-0.25, -0.2) is 0 Å². The molecule has 1 atom stereocenters. The van der Waals surface area contributed by atoms with Crippen molar-refractivity contribution in [1.29, 1.82) is 0 Å². The van der Waals surface area contributed by atoms with E-state index in [1.165, 1.54) is 45.3 Å². The molecule has 2 fully saturated rings. The molecule has 1 saturated heterocycles. The van der Waals surface area contributed by atoms with Crippen LogP contribution in [0.5, 0.6) is 0 Å². The van der Waals surface area contributed by atoms with Crippen molar-refractivity contribution in [2.45, 2.75) is 60.3 Å². The molecule has 0 aromatic rings. The van der Waals surface area contributed by atoms with E-state index >= 15 is 0 Å². The van der Waals surface area contributed by atoms with Gasteiger partial charge in [0.05, 0.1) is 0 Å². The van der Waals surface area contributed by atoms with Crippen molar-refractivity contribution in [3.05, 3.63) is 0 Å². The fourth-order valence-corrected chi connectivity index (χ4v) is 2.33. The van der Waals surface area contributed by atoms with E-state index in [0.717, 1.165) is 11.8 Å². The molecule has 0 radical (unpaired) electrons. The van der Waals surface area contributed by atoms with E-state index in [4.69, 9.17) is 0 Å². The number of hydrogen-bond donors (Lipinski definition) is 0. The summed E-state index contributed by atoms with van der Waals surface area (Å²) in [6, 6.07) is 0. The highest BCUT2D eigenvalue weighted by Gasteiger charge is 2.35. The number of likely N-dealkylation sites (tertiary alicyclic amines) is 1. The second kappa shape index (κ2) is 9.21. The quantitative estimate of drug-likeness (QED) is 0.680. The molecule has 2 aliphatic rings. The summed E-state index contributed by atoms with van der Waals surface area (Å²) in [4.78, 5) is 2.64. The van der Waals surface area contributed by atoms with Gasteiger partial charge in [0.2, 0.25) is 0 Å². The van der Waals surface area contributed by atoms with Gasteiger partial charge in [-0.05, 0) is 50.6 Å². The maximum absolute atomic E-state index is 2.64. The lowest BCUT2D eigenvalue weighted by molar-refractivity contribution is 0.318. The van der Waals surface area contributed by atoms with Crippen molar-refractivity contribution < 1.29 is 0 Å². The zero-order valence-electron chi connectivity index (χ0n) is 11.6. The van der Waals surface area contributed by atoms with Gasteiger partial charge in [-0.3, -0.25) is 0 Å². The van der Waals surface area contributed by atoms with Crippen LogP contribution in [0.4, 0.5) is 0 Å². The number of hydrogen-bond acceptors (Lipinski definition) is 1. The first-order valence-corrected chi connectivity index (χ1v) is 7.12. The first kappa shape index (κ1) is 15.0. The average molecular weight is 213 g/mol. The molecule has 1 aliphatic carbocycles. The second-order valence-electron chi connectivity index (χ2n) is 4.19. The van der Waals surface area contributed by atoms with Crippen molar-refractivity contribution in [1.82, 2.24) is 4.90 Å². The standard InChI is InChI=1S/C10H19N.2C2H6/c1-2-6-11-7-5-10(8-11)9-3-4-9;2*1-2/h9-10H,2-8H2,1H3;2*1-2H3.